The summed E-state index contributed by atoms with van der Waals surface area (Å²) in [6.45, 7) is 1.42. The summed E-state index contributed by atoms with van der Waals surface area (Å²) < 4.78 is 10.2. The molecule has 90 valence electrons. The van der Waals surface area contributed by atoms with Crippen molar-refractivity contribution in [3.63, 3.8) is 0 Å². The van der Waals surface area contributed by atoms with Gasteiger partial charge in [-0.15, -0.1) is 0 Å². The summed E-state index contributed by atoms with van der Waals surface area (Å²) in [5, 5.41) is 2.66. The van der Waals surface area contributed by atoms with Crippen molar-refractivity contribution in [1.82, 2.24) is 5.32 Å². The van der Waals surface area contributed by atoms with E-state index in [1.165, 1.54) is 14.0 Å². The van der Waals surface area contributed by atoms with Crippen molar-refractivity contribution >= 4 is 11.9 Å². The van der Waals surface area contributed by atoms with E-state index in [4.69, 9.17) is 4.74 Å². The second kappa shape index (κ2) is 4.45. The summed E-state index contributed by atoms with van der Waals surface area (Å²) in [7, 11) is 1.32. The molecule has 0 aliphatic carbocycles. The van der Waals surface area contributed by atoms with Gasteiger partial charge in [-0.3, -0.25) is 4.79 Å². The topological polar surface area (TPSA) is 64.6 Å². The van der Waals surface area contributed by atoms with Gasteiger partial charge in [-0.25, -0.2) is 4.79 Å². The van der Waals surface area contributed by atoms with Crippen LogP contribution < -0.4 is 10.1 Å². The first-order valence-electron chi connectivity index (χ1n) is 5.25. The number of para-hydroxylation sites is 1. The Hall–Kier alpha value is -2.04. The Balaban J connectivity index is 2.25. The third-order valence-electron chi connectivity index (χ3n) is 2.53. The number of hydrogen-bond acceptors (Lipinski definition) is 4. The molecular formula is C12H13NO4. The van der Waals surface area contributed by atoms with Crippen LogP contribution >= 0.6 is 0 Å². The fourth-order valence-electron chi connectivity index (χ4n) is 1.85. The van der Waals surface area contributed by atoms with Crippen molar-refractivity contribution in [3.05, 3.63) is 29.3 Å². The molecule has 5 nitrogen and oxygen atoms in total. The molecule has 1 N–H and O–H groups in total. The Bertz CT molecular complexity index is 470. The van der Waals surface area contributed by atoms with Crippen molar-refractivity contribution < 1.29 is 19.1 Å². The summed E-state index contributed by atoms with van der Waals surface area (Å²) in [6, 6.07) is 5.27. The minimum absolute atomic E-state index is 0.164. The van der Waals surface area contributed by atoms with Gasteiger partial charge in [0.15, 0.2) is 6.23 Å². The zero-order chi connectivity index (χ0) is 12.4. The number of carbonyl (C=O) groups excluding carboxylic acids is 2. The highest BCUT2D eigenvalue weighted by atomic mass is 16.5. The van der Waals surface area contributed by atoms with Crippen LogP contribution in [0.15, 0.2) is 18.2 Å². The number of benzene rings is 1. The maximum Gasteiger partial charge on any atom is 0.341 e. The first-order valence-corrected chi connectivity index (χ1v) is 5.25. The Morgan fingerprint density at radius 3 is 2.88 bits per heavy atom. The van der Waals surface area contributed by atoms with Crippen LogP contribution in [0.2, 0.25) is 0 Å². The van der Waals surface area contributed by atoms with E-state index in [0.29, 0.717) is 17.7 Å². The lowest BCUT2D eigenvalue weighted by Crippen LogP contribution is -2.36. The predicted octanol–water partition coefficient (Wildman–Crippen LogP) is 0.870. The highest BCUT2D eigenvalue weighted by Crippen LogP contribution is 2.32. The molecule has 0 radical (unpaired) electrons. The predicted molar refractivity (Wildman–Crippen MR) is 59.7 cm³/mol. The van der Waals surface area contributed by atoms with Gasteiger partial charge in [-0.05, 0) is 6.07 Å². The van der Waals surface area contributed by atoms with Crippen LogP contribution in [0.25, 0.3) is 0 Å². The third kappa shape index (κ3) is 2.22. The summed E-state index contributed by atoms with van der Waals surface area (Å²) in [6.07, 6.45) is 0.146. The number of amides is 1. The summed E-state index contributed by atoms with van der Waals surface area (Å²) in [4.78, 5) is 22.5. The van der Waals surface area contributed by atoms with Crippen molar-refractivity contribution in [3.8, 4) is 5.75 Å². The van der Waals surface area contributed by atoms with E-state index < -0.39 is 12.2 Å². The highest BCUT2D eigenvalue weighted by molar-refractivity contribution is 5.93. The molecule has 0 bridgehead atoms. The molecule has 1 heterocycles. The Labute approximate surface area is 98.7 Å². The molecule has 1 aliphatic heterocycles. The lowest BCUT2D eigenvalue weighted by molar-refractivity contribution is -0.121. The SMILES string of the molecule is COC(=O)c1cccc2c1OC(NC(C)=O)C2. The second-order valence-corrected chi connectivity index (χ2v) is 3.80. The maximum absolute atomic E-state index is 11.5. The Morgan fingerprint density at radius 2 is 2.24 bits per heavy atom. The number of fused-ring (bicyclic) bond motifs is 1. The largest absolute Gasteiger partial charge is 0.469 e. The molecular weight excluding hydrogens is 222 g/mol. The summed E-state index contributed by atoms with van der Waals surface area (Å²) >= 11 is 0. The molecule has 2 rings (SSSR count). The van der Waals surface area contributed by atoms with Crippen molar-refractivity contribution in [1.29, 1.82) is 0 Å². The number of methoxy groups -OCH3 is 1. The minimum atomic E-state index is -0.440. The Kier molecular flexibility index (Phi) is 2.99. The van der Waals surface area contributed by atoms with Crippen LogP contribution in [-0.2, 0) is 16.0 Å². The van der Waals surface area contributed by atoms with Crippen LogP contribution in [0.5, 0.6) is 5.75 Å². The van der Waals surface area contributed by atoms with Gasteiger partial charge in [0.05, 0.1) is 7.11 Å². The molecule has 0 spiro atoms. The van der Waals surface area contributed by atoms with Gasteiger partial charge in [-0.2, -0.15) is 0 Å². The van der Waals surface area contributed by atoms with Crippen molar-refractivity contribution in [2.45, 2.75) is 19.6 Å². The van der Waals surface area contributed by atoms with Gasteiger partial charge in [0, 0.05) is 18.9 Å². The lowest BCUT2D eigenvalue weighted by Gasteiger charge is -2.11. The van der Waals surface area contributed by atoms with Gasteiger partial charge in [-0.1, -0.05) is 12.1 Å². The van der Waals surface area contributed by atoms with E-state index in [1.807, 2.05) is 6.07 Å². The van der Waals surface area contributed by atoms with Crippen LogP contribution in [-0.4, -0.2) is 25.2 Å². The van der Waals surface area contributed by atoms with E-state index in [-0.39, 0.29) is 5.91 Å². The van der Waals surface area contributed by atoms with Gasteiger partial charge in [0.2, 0.25) is 5.91 Å². The lowest BCUT2D eigenvalue weighted by atomic mass is 10.1. The van der Waals surface area contributed by atoms with E-state index in [1.54, 1.807) is 12.1 Å². The Morgan fingerprint density at radius 1 is 1.47 bits per heavy atom. The monoisotopic (exact) mass is 235 g/mol. The first kappa shape index (κ1) is 11.4. The smallest absolute Gasteiger partial charge is 0.341 e. The zero-order valence-electron chi connectivity index (χ0n) is 9.65. The third-order valence-corrected chi connectivity index (χ3v) is 2.53. The molecule has 1 unspecified atom stereocenters. The molecule has 0 saturated carbocycles. The molecule has 0 aromatic heterocycles. The quantitative estimate of drug-likeness (QED) is 0.772. The molecule has 1 aromatic rings. The normalized spacial score (nSPS) is 16.9. The number of rotatable bonds is 2. The van der Waals surface area contributed by atoms with Crippen molar-refractivity contribution in [2.24, 2.45) is 0 Å². The standard InChI is InChI=1S/C12H13NO4/c1-7(14)13-10-6-8-4-3-5-9(11(8)17-10)12(15)16-2/h3-5,10H,6H2,1-2H3,(H,13,14). The van der Waals surface area contributed by atoms with Gasteiger partial charge in [0.1, 0.15) is 11.3 Å². The summed E-state index contributed by atoms with van der Waals surface area (Å²) in [5.74, 6) is -0.106. The number of carbonyl (C=O) groups is 2. The number of esters is 1. The number of nitrogens with one attached hydrogen (secondary N) is 1. The molecule has 1 amide bonds. The van der Waals surface area contributed by atoms with E-state index >= 15 is 0 Å². The van der Waals surface area contributed by atoms with Crippen molar-refractivity contribution in [2.75, 3.05) is 7.11 Å². The molecule has 5 heteroatoms. The van der Waals surface area contributed by atoms with Gasteiger partial charge >= 0.3 is 5.97 Å². The average molecular weight is 235 g/mol. The van der Waals surface area contributed by atoms with E-state index in [0.717, 1.165) is 5.56 Å². The maximum atomic E-state index is 11.5. The van der Waals surface area contributed by atoms with Gasteiger partial charge < -0.3 is 14.8 Å². The van der Waals surface area contributed by atoms with Crippen LogP contribution in [0.4, 0.5) is 0 Å². The van der Waals surface area contributed by atoms with Crippen LogP contribution in [0.3, 0.4) is 0 Å². The van der Waals surface area contributed by atoms with E-state index in [2.05, 4.69) is 10.1 Å². The fraction of sp³-hybridized carbons (Fsp3) is 0.333. The summed E-state index contributed by atoms with van der Waals surface area (Å²) in [5.41, 5.74) is 1.28. The zero-order valence-corrected chi connectivity index (χ0v) is 9.65. The molecule has 0 fully saturated rings. The highest BCUT2D eigenvalue weighted by Gasteiger charge is 2.28. The van der Waals surface area contributed by atoms with Crippen LogP contribution in [0.1, 0.15) is 22.8 Å². The average Bonchev–Trinajstić information content (AvgIpc) is 2.68. The van der Waals surface area contributed by atoms with Gasteiger partial charge in [0.25, 0.3) is 0 Å². The molecule has 1 atom stereocenters. The number of ether oxygens (including phenoxy) is 2. The second-order valence-electron chi connectivity index (χ2n) is 3.80. The number of hydrogen-bond donors (Lipinski definition) is 1. The molecule has 0 saturated heterocycles. The first-order chi connectivity index (χ1) is 8.11. The molecule has 1 aliphatic rings. The minimum Gasteiger partial charge on any atom is -0.469 e. The molecule has 1 aromatic carbocycles. The van der Waals surface area contributed by atoms with E-state index in [9.17, 15) is 9.59 Å². The fourth-order valence-corrected chi connectivity index (χ4v) is 1.85. The van der Waals surface area contributed by atoms with Crippen LogP contribution in [0, 0.1) is 0 Å². The molecule has 17 heavy (non-hydrogen) atoms.